The van der Waals surface area contributed by atoms with Gasteiger partial charge in [0.15, 0.2) is 5.11 Å². The van der Waals surface area contributed by atoms with E-state index in [1.54, 1.807) is 13.0 Å². The third kappa shape index (κ3) is 5.51. The van der Waals surface area contributed by atoms with Crippen molar-refractivity contribution in [2.75, 3.05) is 25.0 Å². The van der Waals surface area contributed by atoms with Gasteiger partial charge in [0.25, 0.3) is 0 Å². The molecule has 0 aliphatic rings. The lowest BCUT2D eigenvalue weighted by Crippen LogP contribution is -2.39. The van der Waals surface area contributed by atoms with E-state index in [4.69, 9.17) is 12.2 Å². The number of nitrogens with one attached hydrogen (secondary N) is 2. The van der Waals surface area contributed by atoms with Gasteiger partial charge in [-0.1, -0.05) is 50.2 Å². The highest BCUT2D eigenvalue weighted by molar-refractivity contribution is 7.80. The number of likely N-dealkylation sites (N-methyl/N-ethyl adjacent to an activating group) is 1. The van der Waals surface area contributed by atoms with Crippen LogP contribution in [0.25, 0.3) is 0 Å². The summed E-state index contributed by atoms with van der Waals surface area (Å²) in [6, 6.07) is 15.7. The van der Waals surface area contributed by atoms with Crippen molar-refractivity contribution in [3.63, 3.8) is 0 Å². The smallest absolute Gasteiger partial charge is 0.170 e. The van der Waals surface area contributed by atoms with Crippen molar-refractivity contribution in [3.05, 3.63) is 65.5 Å². The molecule has 134 valence electrons. The summed E-state index contributed by atoms with van der Waals surface area (Å²) in [7, 11) is 0. The summed E-state index contributed by atoms with van der Waals surface area (Å²) >= 11 is 5.38. The van der Waals surface area contributed by atoms with Crippen LogP contribution in [0.2, 0.25) is 0 Å². The first-order valence-electron chi connectivity index (χ1n) is 8.65. The topological polar surface area (TPSA) is 27.3 Å². The molecule has 0 aromatic heterocycles. The van der Waals surface area contributed by atoms with Crippen LogP contribution in [-0.2, 0) is 0 Å². The van der Waals surface area contributed by atoms with Crippen molar-refractivity contribution < 1.29 is 4.39 Å². The summed E-state index contributed by atoms with van der Waals surface area (Å²) in [5, 5.41) is 6.82. The Morgan fingerprint density at radius 3 is 2.40 bits per heavy atom. The van der Waals surface area contributed by atoms with Gasteiger partial charge < -0.3 is 10.6 Å². The zero-order valence-corrected chi connectivity index (χ0v) is 15.9. The Bertz CT molecular complexity index is 687. The minimum absolute atomic E-state index is 0.228. The summed E-state index contributed by atoms with van der Waals surface area (Å²) in [6.45, 7) is 8.66. The fraction of sp³-hybridized carbons (Fsp3) is 0.350. The molecule has 2 aromatic carbocycles. The normalized spacial score (nSPS) is 12.0. The lowest BCUT2D eigenvalue weighted by atomic mass is 10.1. The molecule has 1 atom stereocenters. The molecule has 2 N–H and O–H groups in total. The lowest BCUT2D eigenvalue weighted by Gasteiger charge is -2.30. The molecule has 0 unspecified atom stereocenters. The highest BCUT2D eigenvalue weighted by atomic mass is 32.1. The van der Waals surface area contributed by atoms with Crippen molar-refractivity contribution in [2.24, 2.45) is 0 Å². The standard InChI is InChI=1S/C20H26FN3S/c1-4-24(5-2)19(16-9-7-6-8-10-16)14-22-20(25)23-17-12-11-15(3)18(21)13-17/h6-13,19H,4-5,14H2,1-3H3,(H2,22,23,25)/t19-/m0/s1. The van der Waals surface area contributed by atoms with E-state index >= 15 is 0 Å². The van der Waals surface area contributed by atoms with Crippen LogP contribution >= 0.6 is 12.2 Å². The van der Waals surface area contributed by atoms with Gasteiger partial charge in [0.05, 0.1) is 6.04 Å². The van der Waals surface area contributed by atoms with E-state index in [-0.39, 0.29) is 11.9 Å². The van der Waals surface area contributed by atoms with Crippen LogP contribution in [0.5, 0.6) is 0 Å². The predicted octanol–water partition coefficient (Wildman–Crippen LogP) is 4.50. The molecule has 0 radical (unpaired) electrons. The number of halogens is 1. The van der Waals surface area contributed by atoms with Crippen LogP contribution < -0.4 is 10.6 Å². The second-order valence-electron chi connectivity index (χ2n) is 5.95. The van der Waals surface area contributed by atoms with Gasteiger partial charge in [0.2, 0.25) is 0 Å². The van der Waals surface area contributed by atoms with E-state index in [0.29, 0.717) is 22.9 Å². The Hall–Kier alpha value is -1.98. The van der Waals surface area contributed by atoms with Gasteiger partial charge in [0.1, 0.15) is 5.82 Å². The Morgan fingerprint density at radius 1 is 1.12 bits per heavy atom. The summed E-state index contributed by atoms with van der Waals surface area (Å²) in [5.41, 5.74) is 2.53. The highest BCUT2D eigenvalue weighted by Gasteiger charge is 2.17. The summed E-state index contributed by atoms with van der Waals surface area (Å²) in [5.74, 6) is -0.238. The molecule has 0 bridgehead atoms. The molecule has 5 heteroatoms. The van der Waals surface area contributed by atoms with E-state index in [2.05, 4.69) is 53.6 Å². The first-order chi connectivity index (χ1) is 12.0. The summed E-state index contributed by atoms with van der Waals surface area (Å²) < 4.78 is 13.7. The van der Waals surface area contributed by atoms with Crippen molar-refractivity contribution in [2.45, 2.75) is 26.8 Å². The van der Waals surface area contributed by atoms with Crippen LogP contribution in [0.1, 0.15) is 31.0 Å². The largest absolute Gasteiger partial charge is 0.361 e. The zero-order chi connectivity index (χ0) is 18.2. The van der Waals surface area contributed by atoms with E-state index < -0.39 is 0 Å². The molecule has 0 amide bonds. The number of benzene rings is 2. The molecule has 0 heterocycles. The second kappa shape index (κ2) is 9.49. The van der Waals surface area contributed by atoms with Gasteiger partial charge in [0, 0.05) is 12.2 Å². The number of nitrogens with zero attached hydrogens (tertiary/aromatic N) is 1. The van der Waals surface area contributed by atoms with E-state index in [9.17, 15) is 4.39 Å². The Balaban J connectivity index is 2.01. The molecule has 3 nitrogen and oxygen atoms in total. The molecular formula is C20H26FN3S. The molecule has 0 saturated heterocycles. The number of hydrogen-bond acceptors (Lipinski definition) is 2. The first kappa shape index (κ1) is 19.3. The van der Waals surface area contributed by atoms with Crippen molar-refractivity contribution in [1.29, 1.82) is 0 Å². The van der Waals surface area contributed by atoms with Gasteiger partial charge in [-0.2, -0.15) is 0 Å². The maximum Gasteiger partial charge on any atom is 0.170 e. The third-order valence-electron chi connectivity index (χ3n) is 4.32. The van der Waals surface area contributed by atoms with Crippen LogP contribution in [0.15, 0.2) is 48.5 Å². The minimum Gasteiger partial charge on any atom is -0.361 e. The van der Waals surface area contributed by atoms with E-state index in [0.717, 1.165) is 13.1 Å². The number of hydrogen-bond donors (Lipinski definition) is 2. The zero-order valence-electron chi connectivity index (χ0n) is 15.1. The minimum atomic E-state index is -0.238. The number of aryl methyl sites for hydroxylation is 1. The summed E-state index contributed by atoms with van der Waals surface area (Å²) in [6.07, 6.45) is 0. The maximum absolute atomic E-state index is 13.7. The number of anilines is 1. The monoisotopic (exact) mass is 359 g/mol. The second-order valence-corrected chi connectivity index (χ2v) is 6.35. The Kier molecular flexibility index (Phi) is 7.34. The fourth-order valence-corrected chi connectivity index (χ4v) is 3.03. The van der Waals surface area contributed by atoms with Gasteiger partial charge >= 0.3 is 0 Å². The van der Waals surface area contributed by atoms with E-state index in [1.165, 1.54) is 11.6 Å². The Morgan fingerprint density at radius 2 is 1.80 bits per heavy atom. The van der Waals surface area contributed by atoms with Gasteiger partial charge in [-0.05, 0) is 55.5 Å². The lowest BCUT2D eigenvalue weighted by molar-refractivity contribution is 0.219. The van der Waals surface area contributed by atoms with Crippen LogP contribution in [0, 0.1) is 12.7 Å². The molecule has 0 aliphatic carbocycles. The fourth-order valence-electron chi connectivity index (χ4n) is 2.83. The molecule has 25 heavy (non-hydrogen) atoms. The van der Waals surface area contributed by atoms with Crippen LogP contribution in [0.4, 0.5) is 10.1 Å². The molecular weight excluding hydrogens is 333 g/mol. The molecule has 2 aromatic rings. The Labute approximate surface area is 155 Å². The predicted molar refractivity (Wildman–Crippen MR) is 107 cm³/mol. The maximum atomic E-state index is 13.7. The van der Waals surface area contributed by atoms with Crippen molar-refractivity contribution in [1.82, 2.24) is 10.2 Å². The van der Waals surface area contributed by atoms with Gasteiger partial charge in [-0.25, -0.2) is 4.39 Å². The van der Waals surface area contributed by atoms with Crippen LogP contribution in [0.3, 0.4) is 0 Å². The van der Waals surface area contributed by atoms with Crippen molar-refractivity contribution >= 4 is 23.0 Å². The van der Waals surface area contributed by atoms with E-state index in [1.807, 2.05) is 12.1 Å². The number of thiocarbonyl (C=S) groups is 1. The molecule has 0 fully saturated rings. The molecule has 0 saturated carbocycles. The summed E-state index contributed by atoms with van der Waals surface area (Å²) in [4.78, 5) is 2.39. The highest BCUT2D eigenvalue weighted by Crippen LogP contribution is 2.19. The van der Waals surface area contributed by atoms with Gasteiger partial charge in [-0.3, -0.25) is 4.90 Å². The number of rotatable bonds is 7. The third-order valence-corrected chi connectivity index (χ3v) is 4.57. The molecule has 0 spiro atoms. The first-order valence-corrected chi connectivity index (χ1v) is 9.06. The quantitative estimate of drug-likeness (QED) is 0.712. The van der Waals surface area contributed by atoms with Gasteiger partial charge in [-0.15, -0.1) is 0 Å². The molecule has 2 rings (SSSR count). The average Bonchev–Trinajstić information content (AvgIpc) is 2.62. The molecule has 0 aliphatic heterocycles. The van der Waals surface area contributed by atoms with Crippen LogP contribution in [-0.4, -0.2) is 29.6 Å². The average molecular weight is 360 g/mol. The SMILES string of the molecule is CCN(CC)[C@@H](CNC(=S)Nc1ccc(C)c(F)c1)c1ccccc1. The van der Waals surface area contributed by atoms with Crippen molar-refractivity contribution in [3.8, 4) is 0 Å².